The predicted octanol–water partition coefficient (Wildman–Crippen LogP) is 2.95. The number of hydrogen-bond acceptors (Lipinski definition) is 1. The van der Waals surface area contributed by atoms with Crippen molar-refractivity contribution in [2.24, 2.45) is 5.92 Å². The third kappa shape index (κ3) is 1.60. The van der Waals surface area contributed by atoms with Crippen molar-refractivity contribution in [3.63, 3.8) is 0 Å². The fourth-order valence-electron chi connectivity index (χ4n) is 3.82. The summed E-state index contributed by atoms with van der Waals surface area (Å²) in [6.45, 7) is 2.06. The maximum atomic E-state index is 13.4. The fourth-order valence-corrected chi connectivity index (χ4v) is 3.82. The van der Waals surface area contributed by atoms with Crippen molar-refractivity contribution in [3.05, 3.63) is 35.4 Å². The van der Waals surface area contributed by atoms with Gasteiger partial charge >= 0.3 is 0 Å². The van der Waals surface area contributed by atoms with Gasteiger partial charge in [0.2, 0.25) is 0 Å². The van der Waals surface area contributed by atoms with E-state index in [9.17, 15) is 8.78 Å². The Morgan fingerprint density at radius 2 is 2.12 bits per heavy atom. The average Bonchev–Trinajstić information content (AvgIpc) is 2.78. The second-order valence-electron chi connectivity index (χ2n) is 5.57. The quantitative estimate of drug-likeness (QED) is 0.726. The molecular weight excluding hydrogens is 220 g/mol. The molecule has 0 unspecified atom stereocenters. The van der Waals surface area contributed by atoms with Crippen LogP contribution in [0.1, 0.15) is 24.8 Å². The molecule has 1 aromatic carbocycles. The number of likely N-dealkylation sites (N-methyl/N-ethyl adjacent to an activating group) is 1. The van der Waals surface area contributed by atoms with Crippen molar-refractivity contribution in [3.8, 4) is 0 Å². The van der Waals surface area contributed by atoms with Crippen LogP contribution in [-0.4, -0.2) is 25.0 Å². The van der Waals surface area contributed by atoms with Crippen molar-refractivity contribution in [1.82, 2.24) is 4.90 Å². The monoisotopic (exact) mass is 237 g/mol. The van der Waals surface area contributed by atoms with Crippen LogP contribution in [0.25, 0.3) is 0 Å². The van der Waals surface area contributed by atoms with Gasteiger partial charge in [0.1, 0.15) is 0 Å². The van der Waals surface area contributed by atoms with Gasteiger partial charge in [-0.2, -0.15) is 0 Å². The molecule has 2 atom stereocenters. The molecule has 1 saturated carbocycles. The van der Waals surface area contributed by atoms with Crippen molar-refractivity contribution in [2.45, 2.75) is 24.7 Å². The van der Waals surface area contributed by atoms with E-state index in [0.717, 1.165) is 25.1 Å². The summed E-state index contributed by atoms with van der Waals surface area (Å²) in [7, 11) is 2.11. The Morgan fingerprint density at radius 3 is 2.88 bits per heavy atom. The van der Waals surface area contributed by atoms with Crippen LogP contribution in [0.3, 0.4) is 0 Å². The molecule has 92 valence electrons. The Bertz CT molecular complexity index is 446. The maximum Gasteiger partial charge on any atom is 0.159 e. The summed E-state index contributed by atoms with van der Waals surface area (Å²) in [6, 6.07) is 4.45. The predicted molar refractivity (Wildman–Crippen MR) is 62.9 cm³/mol. The lowest BCUT2D eigenvalue weighted by atomic mass is 9.74. The average molecular weight is 237 g/mol. The molecule has 1 aromatic rings. The Labute approximate surface area is 100 Å². The minimum absolute atomic E-state index is 0.0727. The highest BCUT2D eigenvalue weighted by molar-refractivity contribution is 5.31. The SMILES string of the molecule is CN1C[C@@H]2CCC[C@]2(c2ccc(F)c(F)c2)C1. The van der Waals surface area contributed by atoms with E-state index < -0.39 is 11.6 Å². The highest BCUT2D eigenvalue weighted by Crippen LogP contribution is 2.50. The van der Waals surface area contributed by atoms with Gasteiger partial charge in [-0.05, 0) is 43.5 Å². The van der Waals surface area contributed by atoms with Crippen LogP contribution >= 0.6 is 0 Å². The number of likely N-dealkylation sites (tertiary alicyclic amines) is 1. The number of benzene rings is 1. The molecular formula is C14H17F2N. The first-order chi connectivity index (χ1) is 8.12. The second kappa shape index (κ2) is 3.77. The minimum Gasteiger partial charge on any atom is -0.305 e. The Balaban J connectivity index is 2.04. The van der Waals surface area contributed by atoms with Gasteiger partial charge in [-0.15, -0.1) is 0 Å². The van der Waals surface area contributed by atoms with Gasteiger partial charge in [0.05, 0.1) is 0 Å². The lowest BCUT2D eigenvalue weighted by molar-refractivity contribution is 0.358. The van der Waals surface area contributed by atoms with Crippen molar-refractivity contribution in [1.29, 1.82) is 0 Å². The zero-order valence-corrected chi connectivity index (χ0v) is 10.0. The highest BCUT2D eigenvalue weighted by atomic mass is 19.2. The Morgan fingerprint density at radius 1 is 1.29 bits per heavy atom. The van der Waals surface area contributed by atoms with Gasteiger partial charge < -0.3 is 4.90 Å². The second-order valence-corrected chi connectivity index (χ2v) is 5.57. The van der Waals surface area contributed by atoms with E-state index >= 15 is 0 Å². The van der Waals surface area contributed by atoms with Crippen LogP contribution in [0, 0.1) is 17.6 Å². The zero-order chi connectivity index (χ0) is 12.0. The lowest BCUT2D eigenvalue weighted by Gasteiger charge is -2.29. The summed E-state index contributed by atoms with van der Waals surface area (Å²) in [4.78, 5) is 2.31. The smallest absolute Gasteiger partial charge is 0.159 e. The van der Waals surface area contributed by atoms with E-state index in [-0.39, 0.29) is 5.41 Å². The van der Waals surface area contributed by atoms with Crippen LogP contribution in [-0.2, 0) is 5.41 Å². The fraction of sp³-hybridized carbons (Fsp3) is 0.571. The molecule has 1 saturated heterocycles. The van der Waals surface area contributed by atoms with E-state index in [0.29, 0.717) is 5.92 Å². The zero-order valence-electron chi connectivity index (χ0n) is 10.0. The first-order valence-corrected chi connectivity index (χ1v) is 6.26. The van der Waals surface area contributed by atoms with Gasteiger partial charge in [0.15, 0.2) is 11.6 Å². The van der Waals surface area contributed by atoms with Gasteiger partial charge in [0.25, 0.3) is 0 Å². The summed E-state index contributed by atoms with van der Waals surface area (Å²) < 4.78 is 26.4. The standard InChI is InChI=1S/C14H17F2N/c1-17-8-11-3-2-6-14(11,9-17)10-4-5-12(15)13(16)7-10/h4-5,7,11H,2-3,6,8-9H2,1H3/t11-,14+/m0/s1. The summed E-state index contributed by atoms with van der Waals surface area (Å²) in [5.41, 5.74) is 1.06. The molecule has 1 nitrogen and oxygen atoms in total. The topological polar surface area (TPSA) is 3.24 Å². The van der Waals surface area contributed by atoms with Crippen LogP contribution in [0.2, 0.25) is 0 Å². The molecule has 0 bridgehead atoms. The van der Waals surface area contributed by atoms with Crippen molar-refractivity contribution in [2.75, 3.05) is 20.1 Å². The van der Waals surface area contributed by atoms with Crippen LogP contribution in [0.15, 0.2) is 18.2 Å². The Kier molecular flexibility index (Phi) is 2.47. The van der Waals surface area contributed by atoms with E-state index in [2.05, 4.69) is 11.9 Å². The van der Waals surface area contributed by atoms with Gasteiger partial charge in [-0.1, -0.05) is 12.5 Å². The molecule has 1 heterocycles. The number of halogens is 2. The van der Waals surface area contributed by atoms with Gasteiger partial charge in [0, 0.05) is 18.5 Å². The maximum absolute atomic E-state index is 13.4. The molecule has 2 aliphatic rings. The van der Waals surface area contributed by atoms with Gasteiger partial charge in [-0.25, -0.2) is 8.78 Å². The summed E-state index contributed by atoms with van der Waals surface area (Å²) in [5, 5.41) is 0. The van der Waals surface area contributed by atoms with Crippen molar-refractivity contribution < 1.29 is 8.78 Å². The highest BCUT2D eigenvalue weighted by Gasteiger charge is 2.49. The number of hydrogen-bond donors (Lipinski definition) is 0. The summed E-state index contributed by atoms with van der Waals surface area (Å²) >= 11 is 0. The number of rotatable bonds is 1. The third-order valence-corrected chi connectivity index (χ3v) is 4.54. The molecule has 3 heteroatoms. The molecule has 0 aromatic heterocycles. The molecule has 0 radical (unpaired) electrons. The Hall–Kier alpha value is -0.960. The first-order valence-electron chi connectivity index (χ1n) is 6.26. The van der Waals surface area contributed by atoms with Gasteiger partial charge in [-0.3, -0.25) is 0 Å². The summed E-state index contributed by atoms with van der Waals surface area (Å²) in [6.07, 6.45) is 3.52. The van der Waals surface area contributed by atoms with Crippen LogP contribution < -0.4 is 0 Å². The lowest BCUT2D eigenvalue weighted by Crippen LogP contribution is -2.31. The molecule has 0 N–H and O–H groups in total. The molecule has 1 aliphatic carbocycles. The number of nitrogens with zero attached hydrogens (tertiary/aromatic N) is 1. The molecule has 17 heavy (non-hydrogen) atoms. The molecule has 0 amide bonds. The van der Waals surface area contributed by atoms with E-state index in [1.54, 1.807) is 6.07 Å². The van der Waals surface area contributed by atoms with E-state index in [4.69, 9.17) is 0 Å². The first kappa shape index (κ1) is 11.1. The van der Waals surface area contributed by atoms with E-state index in [1.807, 2.05) is 0 Å². The number of fused-ring (bicyclic) bond motifs is 1. The van der Waals surface area contributed by atoms with Crippen molar-refractivity contribution >= 4 is 0 Å². The molecule has 3 rings (SSSR count). The summed E-state index contributed by atoms with van der Waals surface area (Å²) in [5.74, 6) is -0.847. The van der Waals surface area contributed by atoms with E-state index in [1.165, 1.54) is 25.0 Å². The molecule has 2 fully saturated rings. The largest absolute Gasteiger partial charge is 0.305 e. The molecule has 1 aliphatic heterocycles. The minimum atomic E-state index is -0.744. The normalized spacial score (nSPS) is 33.0. The third-order valence-electron chi connectivity index (χ3n) is 4.54. The molecule has 0 spiro atoms. The van der Waals surface area contributed by atoms with Crippen LogP contribution in [0.4, 0.5) is 8.78 Å². The van der Waals surface area contributed by atoms with Crippen LogP contribution in [0.5, 0.6) is 0 Å².